The number of carbonyl (C=O) groups is 1. The molecule has 2 heterocycles. The predicted molar refractivity (Wildman–Crippen MR) is 80.9 cm³/mol. The number of hydrogen-bond donors (Lipinski definition) is 2. The zero-order valence-corrected chi connectivity index (χ0v) is 12.6. The van der Waals surface area contributed by atoms with E-state index < -0.39 is 0 Å². The number of benzene rings is 1. The monoisotopic (exact) mass is 346 g/mol. The molecule has 2 aromatic heterocycles. The van der Waals surface area contributed by atoms with E-state index in [4.69, 9.17) is 4.42 Å². The fourth-order valence-electron chi connectivity index (χ4n) is 1.98. The molecule has 0 fully saturated rings. The van der Waals surface area contributed by atoms with Crippen LogP contribution >= 0.6 is 15.9 Å². The van der Waals surface area contributed by atoms with Gasteiger partial charge in [-0.25, -0.2) is 4.98 Å². The van der Waals surface area contributed by atoms with Gasteiger partial charge in [0.2, 0.25) is 0 Å². The lowest BCUT2D eigenvalue weighted by molar-refractivity contribution is 0.0994. The first-order valence-corrected chi connectivity index (χ1v) is 6.96. The number of hydrogen-bond acceptors (Lipinski definition) is 4. The number of rotatable bonds is 3. The van der Waals surface area contributed by atoms with E-state index in [0.717, 1.165) is 11.1 Å². The molecular formula is C14H11BrN4O2. The van der Waals surface area contributed by atoms with Gasteiger partial charge in [-0.15, -0.1) is 0 Å². The van der Waals surface area contributed by atoms with Crippen LogP contribution in [-0.2, 0) is 0 Å². The first-order chi connectivity index (χ1) is 10.1. The van der Waals surface area contributed by atoms with Gasteiger partial charge >= 0.3 is 0 Å². The molecule has 0 unspecified atom stereocenters. The maximum absolute atomic E-state index is 12.3. The van der Waals surface area contributed by atoms with Crippen molar-refractivity contribution in [1.82, 2.24) is 15.2 Å². The van der Waals surface area contributed by atoms with Gasteiger partial charge in [-0.3, -0.25) is 9.89 Å². The average molecular weight is 347 g/mol. The molecule has 106 valence electrons. The molecule has 7 heteroatoms. The van der Waals surface area contributed by atoms with Crippen LogP contribution in [0.15, 0.2) is 45.7 Å². The topological polar surface area (TPSA) is 83.8 Å². The zero-order valence-electron chi connectivity index (χ0n) is 11.1. The van der Waals surface area contributed by atoms with E-state index in [0.29, 0.717) is 16.2 Å². The summed E-state index contributed by atoms with van der Waals surface area (Å²) in [4.78, 5) is 16.4. The SMILES string of the molecule is Cc1cc(Br)oc1C(=O)Nc1ccccc1-c1ncn[nH]1. The van der Waals surface area contributed by atoms with Crippen LogP contribution in [0.1, 0.15) is 16.1 Å². The Morgan fingerprint density at radius 3 is 2.86 bits per heavy atom. The number of nitrogens with one attached hydrogen (secondary N) is 2. The van der Waals surface area contributed by atoms with E-state index in [1.54, 1.807) is 12.1 Å². The smallest absolute Gasteiger partial charge is 0.291 e. The number of aryl methyl sites for hydroxylation is 1. The van der Waals surface area contributed by atoms with Crippen molar-refractivity contribution in [2.75, 3.05) is 5.32 Å². The Morgan fingerprint density at radius 1 is 1.38 bits per heavy atom. The largest absolute Gasteiger partial charge is 0.444 e. The van der Waals surface area contributed by atoms with Crippen molar-refractivity contribution >= 4 is 27.5 Å². The van der Waals surface area contributed by atoms with Crippen molar-refractivity contribution < 1.29 is 9.21 Å². The van der Waals surface area contributed by atoms with Gasteiger partial charge in [0.15, 0.2) is 16.3 Å². The van der Waals surface area contributed by atoms with E-state index in [1.807, 2.05) is 25.1 Å². The number of para-hydroxylation sites is 1. The van der Waals surface area contributed by atoms with Crippen LogP contribution in [-0.4, -0.2) is 21.1 Å². The molecule has 3 aromatic rings. The minimum absolute atomic E-state index is 0.272. The molecule has 0 aliphatic heterocycles. The fraction of sp³-hybridized carbons (Fsp3) is 0.0714. The summed E-state index contributed by atoms with van der Waals surface area (Å²) < 4.78 is 5.87. The van der Waals surface area contributed by atoms with Crippen molar-refractivity contribution in [3.05, 3.63) is 52.7 Å². The van der Waals surface area contributed by atoms with Crippen molar-refractivity contribution in [3.63, 3.8) is 0 Å². The Morgan fingerprint density at radius 2 is 2.19 bits per heavy atom. The van der Waals surface area contributed by atoms with Crippen LogP contribution in [0, 0.1) is 6.92 Å². The van der Waals surface area contributed by atoms with Gasteiger partial charge in [0, 0.05) is 11.1 Å². The van der Waals surface area contributed by atoms with E-state index >= 15 is 0 Å². The maximum Gasteiger partial charge on any atom is 0.291 e. The molecule has 0 bridgehead atoms. The third-order valence-corrected chi connectivity index (χ3v) is 3.33. The van der Waals surface area contributed by atoms with Gasteiger partial charge < -0.3 is 9.73 Å². The van der Waals surface area contributed by atoms with Crippen LogP contribution in [0.4, 0.5) is 5.69 Å². The molecule has 0 saturated carbocycles. The Labute approximate surface area is 128 Å². The second kappa shape index (κ2) is 5.53. The maximum atomic E-state index is 12.3. The number of H-pyrrole nitrogens is 1. The predicted octanol–water partition coefficient (Wildman–Crippen LogP) is 3.39. The minimum Gasteiger partial charge on any atom is -0.444 e. The molecule has 0 aliphatic carbocycles. The van der Waals surface area contributed by atoms with Crippen molar-refractivity contribution in [2.45, 2.75) is 6.92 Å². The summed E-state index contributed by atoms with van der Waals surface area (Å²) in [6.07, 6.45) is 1.42. The second-order valence-electron chi connectivity index (χ2n) is 4.40. The number of aromatic nitrogens is 3. The molecule has 2 N–H and O–H groups in total. The number of furan rings is 1. The highest BCUT2D eigenvalue weighted by Crippen LogP contribution is 2.26. The number of nitrogens with zero attached hydrogens (tertiary/aromatic N) is 2. The lowest BCUT2D eigenvalue weighted by Gasteiger charge is -2.08. The highest BCUT2D eigenvalue weighted by atomic mass is 79.9. The van der Waals surface area contributed by atoms with E-state index in [9.17, 15) is 4.79 Å². The molecule has 3 rings (SSSR count). The highest BCUT2D eigenvalue weighted by Gasteiger charge is 2.17. The van der Waals surface area contributed by atoms with E-state index in [1.165, 1.54) is 6.33 Å². The molecule has 0 saturated heterocycles. The summed E-state index contributed by atoms with van der Waals surface area (Å²) >= 11 is 3.21. The Balaban J connectivity index is 1.92. The van der Waals surface area contributed by atoms with Gasteiger partial charge in [0.1, 0.15) is 6.33 Å². The zero-order chi connectivity index (χ0) is 14.8. The van der Waals surface area contributed by atoms with E-state index in [-0.39, 0.29) is 11.7 Å². The van der Waals surface area contributed by atoms with Gasteiger partial charge in [-0.1, -0.05) is 12.1 Å². The van der Waals surface area contributed by atoms with Gasteiger partial charge in [-0.2, -0.15) is 5.10 Å². The molecule has 0 spiro atoms. The Kier molecular flexibility index (Phi) is 3.57. The standard InChI is InChI=1S/C14H11BrN4O2/c1-8-6-11(15)21-12(8)14(20)18-10-5-3-2-4-9(10)13-16-7-17-19-13/h2-7H,1H3,(H,18,20)(H,16,17,19). The average Bonchev–Trinajstić information content (AvgIpc) is 3.09. The van der Waals surface area contributed by atoms with Crippen molar-refractivity contribution in [3.8, 4) is 11.4 Å². The summed E-state index contributed by atoms with van der Waals surface area (Å²) in [5.74, 6) is 0.544. The fourth-order valence-corrected chi connectivity index (χ4v) is 2.49. The lowest BCUT2D eigenvalue weighted by Crippen LogP contribution is -2.13. The van der Waals surface area contributed by atoms with Crippen molar-refractivity contribution in [1.29, 1.82) is 0 Å². The lowest BCUT2D eigenvalue weighted by atomic mass is 10.1. The summed E-state index contributed by atoms with van der Waals surface area (Å²) in [7, 11) is 0. The number of amides is 1. The normalized spacial score (nSPS) is 10.6. The molecule has 6 nitrogen and oxygen atoms in total. The summed E-state index contributed by atoms with van der Waals surface area (Å²) in [5, 5.41) is 9.43. The number of carbonyl (C=O) groups excluding carboxylic acids is 1. The third kappa shape index (κ3) is 2.73. The number of halogens is 1. The summed E-state index contributed by atoms with van der Waals surface area (Å²) in [5.41, 5.74) is 2.15. The molecule has 0 aliphatic rings. The summed E-state index contributed by atoms with van der Waals surface area (Å²) in [6, 6.07) is 9.09. The highest BCUT2D eigenvalue weighted by molar-refractivity contribution is 9.10. The molecule has 0 radical (unpaired) electrons. The molecule has 0 atom stereocenters. The van der Waals surface area contributed by atoms with Crippen LogP contribution < -0.4 is 5.32 Å². The van der Waals surface area contributed by atoms with Crippen molar-refractivity contribution in [2.24, 2.45) is 0 Å². The first-order valence-electron chi connectivity index (χ1n) is 6.17. The van der Waals surface area contributed by atoms with Crippen LogP contribution in [0.2, 0.25) is 0 Å². The van der Waals surface area contributed by atoms with Gasteiger partial charge in [-0.05, 0) is 41.1 Å². The van der Waals surface area contributed by atoms with Gasteiger partial charge in [0.25, 0.3) is 5.91 Å². The number of aromatic amines is 1. The Hall–Kier alpha value is -2.41. The third-order valence-electron chi connectivity index (χ3n) is 2.94. The second-order valence-corrected chi connectivity index (χ2v) is 5.18. The molecule has 1 amide bonds. The van der Waals surface area contributed by atoms with E-state index in [2.05, 4.69) is 36.4 Å². The number of anilines is 1. The quantitative estimate of drug-likeness (QED) is 0.761. The molecule has 21 heavy (non-hydrogen) atoms. The van der Waals surface area contributed by atoms with Crippen LogP contribution in [0.3, 0.4) is 0 Å². The molecule has 1 aromatic carbocycles. The first kappa shape index (κ1) is 13.6. The van der Waals surface area contributed by atoms with Crippen LogP contribution in [0.25, 0.3) is 11.4 Å². The van der Waals surface area contributed by atoms with Gasteiger partial charge in [0.05, 0.1) is 5.69 Å². The Bertz CT molecular complexity index is 780. The van der Waals surface area contributed by atoms with Crippen LogP contribution in [0.5, 0.6) is 0 Å². The minimum atomic E-state index is -0.315. The molecular weight excluding hydrogens is 336 g/mol. The summed E-state index contributed by atoms with van der Waals surface area (Å²) in [6.45, 7) is 1.81.